The average molecular weight is 359 g/mol. The van der Waals surface area contributed by atoms with Crippen molar-refractivity contribution in [2.24, 2.45) is 5.92 Å². The molecule has 1 fully saturated rings. The van der Waals surface area contributed by atoms with Gasteiger partial charge >= 0.3 is 0 Å². The van der Waals surface area contributed by atoms with Gasteiger partial charge in [0.1, 0.15) is 5.69 Å². The van der Waals surface area contributed by atoms with Crippen LogP contribution in [0.25, 0.3) is 11.3 Å². The van der Waals surface area contributed by atoms with Crippen LogP contribution in [0.2, 0.25) is 0 Å². The highest BCUT2D eigenvalue weighted by molar-refractivity contribution is 5.97. The fraction of sp³-hybridized carbons (Fsp3) is 0.474. The number of H-pyrrole nitrogens is 1. The number of aromatic nitrogens is 2. The summed E-state index contributed by atoms with van der Waals surface area (Å²) in [5, 5.41) is 10.5. The minimum absolute atomic E-state index is 0.0565. The molecule has 26 heavy (non-hydrogen) atoms. The Morgan fingerprint density at radius 2 is 1.85 bits per heavy atom. The number of carbonyl (C=O) groups excluding carboxylic acids is 1. The van der Waals surface area contributed by atoms with Crippen molar-refractivity contribution in [2.45, 2.75) is 32.6 Å². The average Bonchev–Trinajstić information content (AvgIpc) is 3.01. The maximum Gasteiger partial charge on any atom is 0.227 e. The van der Waals surface area contributed by atoms with Gasteiger partial charge in [-0.1, -0.05) is 13.3 Å². The van der Waals surface area contributed by atoms with Gasteiger partial charge in [-0.3, -0.25) is 9.89 Å². The van der Waals surface area contributed by atoms with E-state index in [0.717, 1.165) is 42.6 Å². The third-order valence-corrected chi connectivity index (χ3v) is 4.86. The van der Waals surface area contributed by atoms with Gasteiger partial charge in [-0.2, -0.15) is 5.10 Å². The molecule has 0 atom stereocenters. The Bertz CT molecular complexity index is 771. The zero-order chi connectivity index (χ0) is 18.7. The Balaban J connectivity index is 2.03. The van der Waals surface area contributed by atoms with Crippen molar-refractivity contribution in [3.05, 3.63) is 17.8 Å². The summed E-state index contributed by atoms with van der Waals surface area (Å²) in [5.74, 6) is 1.76. The Morgan fingerprint density at radius 1 is 1.19 bits per heavy atom. The number of amides is 1. The van der Waals surface area contributed by atoms with Crippen LogP contribution in [0.15, 0.2) is 12.1 Å². The normalized spacial score (nSPS) is 13.8. The fourth-order valence-corrected chi connectivity index (χ4v) is 3.09. The van der Waals surface area contributed by atoms with Gasteiger partial charge in [0.2, 0.25) is 11.7 Å². The molecule has 3 rings (SSSR count). The number of nitrogens with zero attached hydrogens (tertiary/aromatic N) is 1. The lowest BCUT2D eigenvalue weighted by molar-refractivity contribution is -0.122. The third kappa shape index (κ3) is 3.21. The van der Waals surface area contributed by atoms with E-state index in [1.165, 1.54) is 0 Å². The molecular formula is C19H25N3O4. The van der Waals surface area contributed by atoms with E-state index in [1.807, 2.05) is 19.1 Å². The summed E-state index contributed by atoms with van der Waals surface area (Å²) < 4.78 is 16.2. The number of aromatic amines is 1. The number of aryl methyl sites for hydroxylation is 1. The topological polar surface area (TPSA) is 85.5 Å². The number of nitrogens with one attached hydrogen (secondary N) is 2. The maximum atomic E-state index is 12.5. The first-order chi connectivity index (χ1) is 12.6. The SMILES string of the molecule is CCc1[nH]nc(-c2cc(OC)c(OC)c(OC)c2)c1NC(=O)C1CCC1. The van der Waals surface area contributed by atoms with Crippen molar-refractivity contribution in [2.75, 3.05) is 26.6 Å². The summed E-state index contributed by atoms with van der Waals surface area (Å²) in [6, 6.07) is 3.66. The van der Waals surface area contributed by atoms with Gasteiger partial charge in [-0.05, 0) is 31.4 Å². The van der Waals surface area contributed by atoms with Crippen molar-refractivity contribution >= 4 is 11.6 Å². The van der Waals surface area contributed by atoms with Crippen molar-refractivity contribution in [1.29, 1.82) is 0 Å². The molecule has 1 amide bonds. The van der Waals surface area contributed by atoms with Crippen LogP contribution < -0.4 is 19.5 Å². The lowest BCUT2D eigenvalue weighted by atomic mass is 9.84. The number of hydrogen-bond acceptors (Lipinski definition) is 5. The van der Waals surface area contributed by atoms with Crippen LogP contribution in [0.3, 0.4) is 0 Å². The molecule has 1 heterocycles. The molecule has 1 saturated carbocycles. The van der Waals surface area contributed by atoms with Gasteiger partial charge in [-0.15, -0.1) is 0 Å². The predicted molar refractivity (Wildman–Crippen MR) is 99.0 cm³/mol. The van der Waals surface area contributed by atoms with Crippen molar-refractivity contribution < 1.29 is 19.0 Å². The summed E-state index contributed by atoms with van der Waals surface area (Å²) in [6.07, 6.45) is 3.75. The van der Waals surface area contributed by atoms with E-state index in [9.17, 15) is 4.79 Å². The maximum absolute atomic E-state index is 12.5. The van der Waals surface area contributed by atoms with Crippen LogP contribution in [0, 0.1) is 5.92 Å². The first-order valence-electron chi connectivity index (χ1n) is 8.81. The first-order valence-corrected chi connectivity index (χ1v) is 8.81. The second-order valence-electron chi connectivity index (χ2n) is 6.31. The lowest BCUT2D eigenvalue weighted by Gasteiger charge is -2.24. The standard InChI is InChI=1S/C19H25N3O4/c1-5-13-17(20-19(23)11-7-6-8-11)16(22-21-13)12-9-14(24-2)18(26-4)15(10-12)25-3/h9-11H,5-8H2,1-4H3,(H,20,23)(H,21,22). The van der Waals surface area contributed by atoms with E-state index in [-0.39, 0.29) is 11.8 Å². The van der Waals surface area contributed by atoms with Gasteiger partial charge < -0.3 is 19.5 Å². The summed E-state index contributed by atoms with van der Waals surface area (Å²) >= 11 is 0. The number of hydrogen-bond donors (Lipinski definition) is 2. The monoisotopic (exact) mass is 359 g/mol. The molecule has 0 aliphatic heterocycles. The van der Waals surface area contributed by atoms with Crippen molar-refractivity contribution in [1.82, 2.24) is 10.2 Å². The van der Waals surface area contributed by atoms with Crippen LogP contribution in [0.1, 0.15) is 31.9 Å². The molecule has 140 valence electrons. The zero-order valence-corrected chi connectivity index (χ0v) is 15.6. The predicted octanol–water partition coefficient (Wildman–Crippen LogP) is 3.40. The highest BCUT2D eigenvalue weighted by Gasteiger charge is 2.27. The van der Waals surface area contributed by atoms with E-state index in [4.69, 9.17) is 14.2 Å². The van der Waals surface area contributed by atoms with Crippen molar-refractivity contribution in [3.63, 3.8) is 0 Å². The fourth-order valence-electron chi connectivity index (χ4n) is 3.09. The Hall–Kier alpha value is -2.70. The van der Waals surface area contributed by atoms with Gasteiger partial charge in [-0.25, -0.2) is 0 Å². The summed E-state index contributed by atoms with van der Waals surface area (Å²) in [5.41, 5.74) is 3.05. The first kappa shape index (κ1) is 18.1. The van der Waals surface area contributed by atoms with E-state index < -0.39 is 0 Å². The highest BCUT2D eigenvalue weighted by atomic mass is 16.5. The molecular weight excluding hydrogens is 334 g/mol. The summed E-state index contributed by atoms with van der Waals surface area (Å²) in [6.45, 7) is 2.02. The summed E-state index contributed by atoms with van der Waals surface area (Å²) in [4.78, 5) is 12.5. The minimum Gasteiger partial charge on any atom is -0.493 e. The Labute approximate surface area is 153 Å². The molecule has 0 bridgehead atoms. The van der Waals surface area contributed by atoms with E-state index >= 15 is 0 Å². The molecule has 2 N–H and O–H groups in total. The van der Waals surface area contributed by atoms with Crippen LogP contribution in [0.4, 0.5) is 5.69 Å². The van der Waals surface area contributed by atoms with E-state index in [0.29, 0.717) is 22.9 Å². The smallest absolute Gasteiger partial charge is 0.227 e. The number of ether oxygens (including phenoxy) is 3. The largest absolute Gasteiger partial charge is 0.493 e. The molecule has 7 heteroatoms. The number of benzene rings is 1. The molecule has 0 saturated heterocycles. The number of anilines is 1. The van der Waals surface area contributed by atoms with E-state index in [1.54, 1.807) is 21.3 Å². The van der Waals surface area contributed by atoms with Crippen LogP contribution in [-0.4, -0.2) is 37.4 Å². The van der Waals surface area contributed by atoms with Crippen LogP contribution >= 0.6 is 0 Å². The molecule has 1 aromatic carbocycles. The minimum atomic E-state index is 0.0565. The number of rotatable bonds is 7. The third-order valence-electron chi connectivity index (χ3n) is 4.86. The highest BCUT2D eigenvalue weighted by Crippen LogP contribution is 2.43. The molecule has 1 aliphatic carbocycles. The lowest BCUT2D eigenvalue weighted by Crippen LogP contribution is -2.28. The molecule has 2 aromatic rings. The van der Waals surface area contributed by atoms with Gasteiger partial charge in [0, 0.05) is 11.5 Å². The van der Waals surface area contributed by atoms with Crippen LogP contribution in [0.5, 0.6) is 17.2 Å². The summed E-state index contributed by atoms with van der Waals surface area (Å²) in [7, 11) is 4.71. The molecule has 0 radical (unpaired) electrons. The number of methoxy groups -OCH3 is 3. The Kier molecular flexibility index (Phi) is 5.35. The van der Waals surface area contributed by atoms with Gasteiger partial charge in [0.05, 0.1) is 32.7 Å². The number of carbonyl (C=O) groups is 1. The van der Waals surface area contributed by atoms with Gasteiger partial charge in [0.25, 0.3) is 0 Å². The second-order valence-corrected chi connectivity index (χ2v) is 6.31. The zero-order valence-electron chi connectivity index (χ0n) is 15.6. The van der Waals surface area contributed by atoms with Crippen LogP contribution in [-0.2, 0) is 11.2 Å². The Morgan fingerprint density at radius 3 is 2.31 bits per heavy atom. The van der Waals surface area contributed by atoms with Gasteiger partial charge in [0.15, 0.2) is 11.5 Å². The molecule has 1 aliphatic rings. The quantitative estimate of drug-likeness (QED) is 0.791. The molecule has 0 spiro atoms. The second kappa shape index (κ2) is 7.68. The molecule has 1 aromatic heterocycles. The molecule has 0 unspecified atom stereocenters. The van der Waals surface area contributed by atoms with E-state index in [2.05, 4.69) is 15.5 Å². The van der Waals surface area contributed by atoms with Crippen molar-refractivity contribution in [3.8, 4) is 28.5 Å². The molecule has 7 nitrogen and oxygen atoms in total.